The van der Waals surface area contributed by atoms with E-state index in [1.54, 1.807) is 41.5 Å². The summed E-state index contributed by atoms with van der Waals surface area (Å²) in [5, 5.41) is 13.2. The quantitative estimate of drug-likeness (QED) is 0.257. The number of pyridine rings is 1. The van der Waals surface area contributed by atoms with E-state index in [1.807, 2.05) is 12.3 Å². The number of carbonyl (C=O) groups is 1. The van der Waals surface area contributed by atoms with Crippen LogP contribution in [0.5, 0.6) is 11.5 Å². The second kappa shape index (κ2) is 12.1. The third kappa shape index (κ3) is 6.04. The SMILES string of the molecule is CCn1cc(C(=O)O)c(=O)n(-c2ccc(F)cc2)c1=O.Nc1ccc(Oc2cc(-c3cncs3)cn3nccc23)c(F)c1. The summed E-state index contributed by atoms with van der Waals surface area (Å²) in [5.41, 5.74) is 7.29. The molecule has 0 aliphatic heterocycles. The molecule has 0 bridgehead atoms. The Bertz CT molecular complexity index is 2050. The molecule has 14 heteroatoms. The third-order valence-corrected chi connectivity index (χ3v) is 7.00. The summed E-state index contributed by atoms with van der Waals surface area (Å²) in [5.74, 6) is -1.83. The van der Waals surface area contributed by atoms with Crippen LogP contribution in [-0.2, 0) is 6.54 Å². The first-order chi connectivity index (χ1) is 20.7. The highest BCUT2D eigenvalue weighted by atomic mass is 32.1. The Morgan fingerprint density at radius 1 is 1.05 bits per heavy atom. The Hall–Kier alpha value is -5.63. The standard InChI is InChI=1S/C16H11FN4OS.C13H11FN2O4/c17-12-6-11(18)1-2-14(12)22-15-5-10(16-7-19-9-23-16)8-21-13(15)3-4-20-21;1-2-15-7-10(12(18)19)11(17)16(13(15)20)9-5-3-8(14)4-6-9/h1-9H,18H2;3-7H,2H2,1H3,(H,18,19). The Morgan fingerprint density at radius 3 is 2.47 bits per heavy atom. The summed E-state index contributed by atoms with van der Waals surface area (Å²) >= 11 is 1.51. The zero-order chi connectivity index (χ0) is 30.7. The average molecular weight is 605 g/mol. The number of aryl methyl sites for hydroxylation is 1. The van der Waals surface area contributed by atoms with Crippen molar-refractivity contribution >= 4 is 28.5 Å². The summed E-state index contributed by atoms with van der Waals surface area (Å²) in [6.07, 6.45) is 6.32. The summed E-state index contributed by atoms with van der Waals surface area (Å²) in [4.78, 5) is 40.3. The van der Waals surface area contributed by atoms with Crippen molar-refractivity contribution in [1.82, 2.24) is 23.7 Å². The van der Waals surface area contributed by atoms with Crippen molar-refractivity contribution < 1.29 is 23.4 Å². The van der Waals surface area contributed by atoms with Crippen LogP contribution in [0.4, 0.5) is 14.5 Å². The van der Waals surface area contributed by atoms with Gasteiger partial charge in [0.05, 0.1) is 22.3 Å². The molecule has 0 fully saturated rings. The van der Waals surface area contributed by atoms with Gasteiger partial charge in [-0.2, -0.15) is 5.10 Å². The minimum Gasteiger partial charge on any atom is -0.477 e. The average Bonchev–Trinajstić information content (AvgIpc) is 3.69. The van der Waals surface area contributed by atoms with E-state index in [4.69, 9.17) is 15.6 Å². The molecule has 218 valence electrons. The molecule has 0 unspecified atom stereocenters. The molecule has 0 spiro atoms. The van der Waals surface area contributed by atoms with Gasteiger partial charge in [0, 0.05) is 42.5 Å². The molecule has 6 rings (SSSR count). The largest absolute Gasteiger partial charge is 0.477 e. The van der Waals surface area contributed by atoms with Crippen molar-refractivity contribution in [3.63, 3.8) is 0 Å². The molecule has 43 heavy (non-hydrogen) atoms. The highest BCUT2D eigenvalue weighted by Gasteiger charge is 2.17. The number of ether oxygens (including phenoxy) is 1. The van der Waals surface area contributed by atoms with Gasteiger partial charge in [0.1, 0.15) is 16.9 Å². The highest BCUT2D eigenvalue weighted by Crippen LogP contribution is 2.33. The number of aromatic nitrogens is 5. The van der Waals surface area contributed by atoms with Gasteiger partial charge in [-0.05, 0) is 55.5 Å². The van der Waals surface area contributed by atoms with Crippen molar-refractivity contribution in [2.45, 2.75) is 13.5 Å². The van der Waals surface area contributed by atoms with Crippen LogP contribution >= 0.6 is 11.3 Å². The van der Waals surface area contributed by atoms with Crippen LogP contribution in [0.2, 0.25) is 0 Å². The topological polar surface area (TPSA) is 147 Å². The Labute approximate surface area is 245 Å². The summed E-state index contributed by atoms with van der Waals surface area (Å²) in [7, 11) is 0. The molecule has 4 heterocycles. The molecule has 6 aromatic rings. The highest BCUT2D eigenvalue weighted by molar-refractivity contribution is 7.13. The molecule has 11 nitrogen and oxygen atoms in total. The van der Waals surface area contributed by atoms with Crippen LogP contribution in [0.1, 0.15) is 17.3 Å². The first kappa shape index (κ1) is 28.9. The number of anilines is 1. The fourth-order valence-electron chi connectivity index (χ4n) is 4.08. The first-order valence-electron chi connectivity index (χ1n) is 12.6. The molecule has 0 radical (unpaired) electrons. The molecule has 3 N–H and O–H groups in total. The van der Waals surface area contributed by atoms with Crippen molar-refractivity contribution in [2.75, 3.05) is 5.73 Å². The van der Waals surface area contributed by atoms with Crippen LogP contribution in [0.15, 0.2) is 94.5 Å². The van der Waals surface area contributed by atoms with E-state index in [2.05, 4.69) is 10.1 Å². The minimum absolute atomic E-state index is 0.115. The van der Waals surface area contributed by atoms with Gasteiger partial charge < -0.3 is 15.6 Å². The van der Waals surface area contributed by atoms with Gasteiger partial charge in [-0.1, -0.05) is 0 Å². The fraction of sp³-hybridized carbons (Fsp3) is 0.0690. The van der Waals surface area contributed by atoms with Crippen LogP contribution in [0.3, 0.4) is 0 Å². The number of thiazole rings is 1. The molecule has 0 atom stereocenters. The summed E-state index contributed by atoms with van der Waals surface area (Å²) in [6, 6.07) is 12.6. The lowest BCUT2D eigenvalue weighted by Crippen LogP contribution is -2.41. The van der Waals surface area contributed by atoms with Gasteiger partial charge in [-0.3, -0.25) is 14.3 Å². The van der Waals surface area contributed by atoms with Gasteiger partial charge >= 0.3 is 11.7 Å². The summed E-state index contributed by atoms with van der Waals surface area (Å²) < 4.78 is 36.2. The Morgan fingerprint density at radius 2 is 1.81 bits per heavy atom. The first-order valence-corrected chi connectivity index (χ1v) is 13.5. The number of carboxylic acids is 1. The molecule has 0 saturated heterocycles. The lowest BCUT2D eigenvalue weighted by Gasteiger charge is -2.10. The lowest BCUT2D eigenvalue weighted by molar-refractivity contribution is 0.0693. The number of rotatable bonds is 6. The van der Waals surface area contributed by atoms with Gasteiger partial charge in [0.25, 0.3) is 5.56 Å². The van der Waals surface area contributed by atoms with Crippen LogP contribution < -0.4 is 21.7 Å². The van der Waals surface area contributed by atoms with Crippen molar-refractivity contribution in [2.24, 2.45) is 0 Å². The van der Waals surface area contributed by atoms with Gasteiger partial charge in [0.15, 0.2) is 17.3 Å². The van der Waals surface area contributed by atoms with E-state index < -0.39 is 34.4 Å². The Balaban J connectivity index is 0.000000173. The number of nitrogens with two attached hydrogens (primary N) is 1. The number of aromatic carboxylic acids is 1. The minimum atomic E-state index is -1.42. The van der Waals surface area contributed by atoms with Crippen LogP contribution in [-0.4, -0.2) is 34.8 Å². The molecule has 0 amide bonds. The van der Waals surface area contributed by atoms with E-state index in [9.17, 15) is 23.2 Å². The van der Waals surface area contributed by atoms with E-state index >= 15 is 0 Å². The molecule has 0 aliphatic rings. The number of hydrogen-bond acceptors (Lipinski definition) is 8. The molecule has 0 aliphatic carbocycles. The smallest absolute Gasteiger partial charge is 0.342 e. The molecular formula is C29H22F2N6O5S. The van der Waals surface area contributed by atoms with E-state index in [0.29, 0.717) is 16.0 Å². The number of halogens is 2. The molecular weight excluding hydrogens is 582 g/mol. The van der Waals surface area contributed by atoms with Crippen molar-refractivity contribution in [3.8, 4) is 27.6 Å². The predicted octanol–water partition coefficient (Wildman–Crippen LogP) is 4.83. The van der Waals surface area contributed by atoms with E-state index in [0.717, 1.165) is 38.9 Å². The number of nitrogen functional groups attached to an aromatic ring is 1. The van der Waals surface area contributed by atoms with E-state index in [1.165, 1.54) is 35.6 Å². The molecule has 4 aromatic heterocycles. The lowest BCUT2D eigenvalue weighted by atomic mass is 10.2. The number of fused-ring (bicyclic) bond motifs is 1. The molecule has 0 saturated carbocycles. The molecule has 2 aromatic carbocycles. The van der Waals surface area contributed by atoms with E-state index in [-0.39, 0.29) is 18.0 Å². The maximum Gasteiger partial charge on any atom is 0.342 e. The third-order valence-electron chi connectivity index (χ3n) is 6.17. The number of hydrogen-bond donors (Lipinski definition) is 2. The zero-order valence-electron chi connectivity index (χ0n) is 22.3. The Kier molecular flexibility index (Phi) is 8.11. The van der Waals surface area contributed by atoms with Crippen LogP contribution in [0, 0.1) is 11.6 Å². The monoisotopic (exact) mass is 604 g/mol. The van der Waals surface area contributed by atoms with Gasteiger partial charge in [-0.15, -0.1) is 11.3 Å². The summed E-state index contributed by atoms with van der Waals surface area (Å²) in [6.45, 7) is 1.85. The van der Waals surface area contributed by atoms with Crippen LogP contribution in [0.25, 0.3) is 21.6 Å². The zero-order valence-corrected chi connectivity index (χ0v) is 23.2. The number of carboxylic acid groups (broad SMARTS) is 1. The number of benzene rings is 2. The van der Waals surface area contributed by atoms with Crippen molar-refractivity contribution in [3.05, 3.63) is 123 Å². The number of nitrogens with zero attached hydrogens (tertiary/aromatic N) is 5. The van der Waals surface area contributed by atoms with Gasteiger partial charge in [-0.25, -0.2) is 27.5 Å². The predicted molar refractivity (Wildman–Crippen MR) is 156 cm³/mol. The fourth-order valence-corrected chi connectivity index (χ4v) is 4.69. The van der Waals surface area contributed by atoms with Crippen molar-refractivity contribution in [1.29, 1.82) is 0 Å². The second-order valence-corrected chi connectivity index (χ2v) is 9.83. The normalized spacial score (nSPS) is 10.8. The maximum absolute atomic E-state index is 14.0. The second-order valence-electron chi connectivity index (χ2n) is 8.95. The maximum atomic E-state index is 14.0. The van der Waals surface area contributed by atoms with Gasteiger partial charge in [0.2, 0.25) is 0 Å².